The van der Waals surface area contributed by atoms with Gasteiger partial charge in [0.1, 0.15) is 9.88 Å². The molecule has 3 rings (SSSR count). The third kappa shape index (κ3) is 3.02. The Morgan fingerprint density at radius 1 is 1.55 bits per heavy atom. The molecule has 1 amide bonds. The Labute approximate surface area is 138 Å². The quantitative estimate of drug-likeness (QED) is 0.937. The van der Waals surface area contributed by atoms with Gasteiger partial charge in [0.2, 0.25) is 0 Å². The number of halogens is 1. The second kappa shape index (κ2) is 6.36. The van der Waals surface area contributed by atoms with Crippen molar-refractivity contribution in [3.8, 4) is 10.6 Å². The summed E-state index contributed by atoms with van der Waals surface area (Å²) in [5, 5.41) is 1.50. The zero-order valence-corrected chi connectivity index (χ0v) is 14.0. The molecule has 0 aliphatic carbocycles. The predicted molar refractivity (Wildman–Crippen MR) is 90.4 cm³/mol. The molecule has 0 spiro atoms. The average molecular weight is 336 g/mol. The molecule has 1 aliphatic rings. The van der Waals surface area contributed by atoms with Gasteiger partial charge in [0.05, 0.1) is 5.69 Å². The van der Waals surface area contributed by atoms with Crippen molar-refractivity contribution in [1.29, 1.82) is 0 Å². The predicted octanol–water partition coefficient (Wildman–Crippen LogP) is 3.19. The van der Waals surface area contributed by atoms with Crippen LogP contribution in [0.3, 0.4) is 0 Å². The maximum atomic E-state index is 12.7. The SMILES string of the molecule is Cc1nc(-c2cccc(Cl)c2)sc1C(=O)N1CC[C@H](CN)C1. The molecule has 1 aromatic carbocycles. The third-order valence-corrected chi connectivity index (χ3v) is 5.40. The summed E-state index contributed by atoms with van der Waals surface area (Å²) in [5.74, 6) is 0.490. The first-order valence-electron chi connectivity index (χ1n) is 7.31. The van der Waals surface area contributed by atoms with Crippen LogP contribution >= 0.6 is 22.9 Å². The lowest BCUT2D eigenvalue weighted by Crippen LogP contribution is -2.29. The van der Waals surface area contributed by atoms with E-state index >= 15 is 0 Å². The lowest BCUT2D eigenvalue weighted by Gasteiger charge is -2.15. The molecule has 0 radical (unpaired) electrons. The Balaban J connectivity index is 1.85. The smallest absolute Gasteiger partial charge is 0.265 e. The van der Waals surface area contributed by atoms with E-state index in [1.165, 1.54) is 11.3 Å². The first-order valence-corrected chi connectivity index (χ1v) is 8.50. The van der Waals surface area contributed by atoms with E-state index in [4.69, 9.17) is 17.3 Å². The minimum Gasteiger partial charge on any atom is -0.338 e. The molecular formula is C16H18ClN3OS. The largest absolute Gasteiger partial charge is 0.338 e. The molecule has 1 atom stereocenters. The second-order valence-corrected chi connectivity index (χ2v) is 7.02. The average Bonchev–Trinajstić information content (AvgIpc) is 3.13. The molecule has 0 bridgehead atoms. The lowest BCUT2D eigenvalue weighted by atomic mass is 10.1. The van der Waals surface area contributed by atoms with Crippen molar-refractivity contribution in [1.82, 2.24) is 9.88 Å². The molecule has 2 N–H and O–H groups in total. The van der Waals surface area contributed by atoms with Gasteiger partial charge >= 0.3 is 0 Å². The van der Waals surface area contributed by atoms with Crippen molar-refractivity contribution in [3.63, 3.8) is 0 Å². The molecular weight excluding hydrogens is 318 g/mol. The van der Waals surface area contributed by atoms with E-state index < -0.39 is 0 Å². The van der Waals surface area contributed by atoms with Gasteiger partial charge in [-0.1, -0.05) is 23.7 Å². The summed E-state index contributed by atoms with van der Waals surface area (Å²) in [6, 6.07) is 7.55. The van der Waals surface area contributed by atoms with Crippen LogP contribution < -0.4 is 5.73 Å². The minimum atomic E-state index is 0.0687. The van der Waals surface area contributed by atoms with Crippen LogP contribution in [0.4, 0.5) is 0 Å². The van der Waals surface area contributed by atoms with Crippen molar-refractivity contribution in [2.45, 2.75) is 13.3 Å². The van der Waals surface area contributed by atoms with Gasteiger partial charge in [0.15, 0.2) is 0 Å². The maximum absolute atomic E-state index is 12.7. The molecule has 6 heteroatoms. The van der Waals surface area contributed by atoms with Crippen molar-refractivity contribution in [2.75, 3.05) is 19.6 Å². The van der Waals surface area contributed by atoms with Gasteiger partial charge in [-0.2, -0.15) is 0 Å². The first-order chi connectivity index (χ1) is 10.6. The molecule has 1 saturated heterocycles. The van der Waals surface area contributed by atoms with Gasteiger partial charge in [-0.25, -0.2) is 4.98 Å². The maximum Gasteiger partial charge on any atom is 0.265 e. The Hall–Kier alpha value is -1.43. The molecule has 4 nitrogen and oxygen atoms in total. The Morgan fingerprint density at radius 3 is 3.05 bits per heavy atom. The number of nitrogens with two attached hydrogens (primary N) is 1. The zero-order chi connectivity index (χ0) is 15.7. The van der Waals surface area contributed by atoms with Crippen LogP contribution in [-0.4, -0.2) is 35.4 Å². The number of rotatable bonds is 3. The number of amides is 1. The lowest BCUT2D eigenvalue weighted by molar-refractivity contribution is 0.0791. The third-order valence-electron chi connectivity index (χ3n) is 3.97. The number of hydrogen-bond acceptors (Lipinski definition) is 4. The van der Waals surface area contributed by atoms with E-state index in [0.717, 1.165) is 35.8 Å². The van der Waals surface area contributed by atoms with Crippen molar-refractivity contribution in [3.05, 3.63) is 39.9 Å². The highest BCUT2D eigenvalue weighted by Crippen LogP contribution is 2.31. The van der Waals surface area contributed by atoms with Gasteiger partial charge in [-0.05, 0) is 37.9 Å². The summed E-state index contributed by atoms with van der Waals surface area (Å²) < 4.78 is 0. The molecule has 1 fully saturated rings. The number of carbonyl (C=O) groups excluding carboxylic acids is 1. The number of nitrogens with zero attached hydrogens (tertiary/aromatic N) is 2. The van der Waals surface area contributed by atoms with Crippen LogP contribution in [0, 0.1) is 12.8 Å². The van der Waals surface area contributed by atoms with E-state index in [1.54, 1.807) is 0 Å². The topological polar surface area (TPSA) is 59.2 Å². The number of likely N-dealkylation sites (tertiary alicyclic amines) is 1. The van der Waals surface area contributed by atoms with Gasteiger partial charge < -0.3 is 10.6 Å². The number of aromatic nitrogens is 1. The molecule has 0 unspecified atom stereocenters. The second-order valence-electron chi connectivity index (χ2n) is 5.59. The summed E-state index contributed by atoms with van der Waals surface area (Å²) in [6.45, 7) is 4.05. The Morgan fingerprint density at radius 2 is 2.36 bits per heavy atom. The molecule has 2 heterocycles. The van der Waals surface area contributed by atoms with E-state index in [1.807, 2.05) is 36.1 Å². The molecule has 1 aliphatic heterocycles. The van der Waals surface area contributed by atoms with E-state index in [-0.39, 0.29) is 5.91 Å². The fourth-order valence-electron chi connectivity index (χ4n) is 2.69. The van der Waals surface area contributed by atoms with Gasteiger partial charge in [-0.15, -0.1) is 11.3 Å². The van der Waals surface area contributed by atoms with Crippen molar-refractivity contribution >= 4 is 28.8 Å². The number of aryl methyl sites for hydroxylation is 1. The van der Waals surface area contributed by atoms with Crippen LogP contribution in [0.15, 0.2) is 24.3 Å². The van der Waals surface area contributed by atoms with Crippen LogP contribution in [-0.2, 0) is 0 Å². The monoisotopic (exact) mass is 335 g/mol. The highest BCUT2D eigenvalue weighted by molar-refractivity contribution is 7.17. The number of thiazole rings is 1. The van der Waals surface area contributed by atoms with Gasteiger partial charge in [-0.3, -0.25) is 4.79 Å². The zero-order valence-electron chi connectivity index (χ0n) is 12.4. The van der Waals surface area contributed by atoms with Crippen LogP contribution in [0.2, 0.25) is 5.02 Å². The molecule has 1 aromatic heterocycles. The number of hydrogen-bond donors (Lipinski definition) is 1. The Bertz CT molecular complexity index is 700. The normalized spacial score (nSPS) is 18.0. The molecule has 116 valence electrons. The van der Waals surface area contributed by atoms with Gasteiger partial charge in [0.25, 0.3) is 5.91 Å². The van der Waals surface area contributed by atoms with Crippen molar-refractivity contribution < 1.29 is 4.79 Å². The van der Waals surface area contributed by atoms with Crippen LogP contribution in [0.5, 0.6) is 0 Å². The fraction of sp³-hybridized carbons (Fsp3) is 0.375. The number of carbonyl (C=O) groups is 1. The molecule has 22 heavy (non-hydrogen) atoms. The Kier molecular flexibility index (Phi) is 4.47. The summed E-state index contributed by atoms with van der Waals surface area (Å²) in [6.07, 6.45) is 0.987. The van der Waals surface area contributed by atoms with Crippen molar-refractivity contribution in [2.24, 2.45) is 11.7 Å². The summed E-state index contributed by atoms with van der Waals surface area (Å²) in [4.78, 5) is 19.8. The van der Waals surface area contributed by atoms with E-state index in [2.05, 4.69) is 4.98 Å². The highest BCUT2D eigenvalue weighted by Gasteiger charge is 2.28. The fourth-order valence-corrected chi connectivity index (χ4v) is 3.91. The van der Waals surface area contributed by atoms with Gasteiger partial charge in [0, 0.05) is 23.7 Å². The highest BCUT2D eigenvalue weighted by atomic mass is 35.5. The van der Waals surface area contributed by atoms with E-state index in [9.17, 15) is 4.79 Å². The standard InChI is InChI=1S/C16H18ClN3OS/c1-10-14(16(21)20-6-5-11(8-18)9-20)22-15(19-10)12-3-2-4-13(17)7-12/h2-4,7,11H,5-6,8-9,18H2,1H3/t11-/m1/s1. The summed E-state index contributed by atoms with van der Waals surface area (Å²) >= 11 is 7.46. The minimum absolute atomic E-state index is 0.0687. The first kappa shape index (κ1) is 15.5. The summed E-state index contributed by atoms with van der Waals surface area (Å²) in [7, 11) is 0. The van der Waals surface area contributed by atoms with E-state index in [0.29, 0.717) is 22.4 Å². The molecule has 2 aromatic rings. The number of benzene rings is 1. The van der Waals surface area contributed by atoms with Crippen LogP contribution in [0.1, 0.15) is 21.8 Å². The molecule has 0 saturated carbocycles. The van der Waals surface area contributed by atoms with Crippen LogP contribution in [0.25, 0.3) is 10.6 Å². The summed E-state index contributed by atoms with van der Waals surface area (Å²) in [5.41, 5.74) is 7.42.